The number of aliphatic hydroxyl groups is 2. The summed E-state index contributed by atoms with van der Waals surface area (Å²) in [6.45, 7) is 6.10. The first kappa shape index (κ1) is 30.5. The Bertz CT molecular complexity index is 1390. The molecular weight excluding hydrogens is 532 g/mol. The number of carbonyl (C=O) groups excluding carboxylic acids is 2. The maximum absolute atomic E-state index is 13.0. The van der Waals surface area contributed by atoms with Gasteiger partial charge in [-0.25, -0.2) is 0 Å². The van der Waals surface area contributed by atoms with Gasteiger partial charge in [0.1, 0.15) is 11.4 Å². The van der Waals surface area contributed by atoms with Gasteiger partial charge in [-0.3, -0.25) is 19.6 Å². The van der Waals surface area contributed by atoms with Crippen molar-refractivity contribution < 1.29 is 19.8 Å². The third kappa shape index (κ3) is 7.83. The highest BCUT2D eigenvalue weighted by Crippen LogP contribution is 2.34. The van der Waals surface area contributed by atoms with Gasteiger partial charge in [-0.15, -0.1) is 0 Å². The summed E-state index contributed by atoms with van der Waals surface area (Å²) in [7, 11) is 0. The van der Waals surface area contributed by atoms with Crippen LogP contribution in [0.2, 0.25) is 0 Å². The molecule has 2 aromatic heterocycles. The van der Waals surface area contributed by atoms with E-state index in [0.717, 1.165) is 33.4 Å². The van der Waals surface area contributed by atoms with Crippen LogP contribution in [0.4, 0.5) is 11.4 Å². The fourth-order valence-electron chi connectivity index (χ4n) is 4.45. The molecule has 0 fully saturated rings. The number of rotatable bonds is 13. The van der Waals surface area contributed by atoms with Gasteiger partial charge in [0, 0.05) is 49.9 Å². The van der Waals surface area contributed by atoms with Gasteiger partial charge in [-0.2, -0.15) is 0 Å². The van der Waals surface area contributed by atoms with Crippen LogP contribution in [0, 0.1) is 13.8 Å². The van der Waals surface area contributed by atoms with Gasteiger partial charge in [0.2, 0.25) is 0 Å². The van der Waals surface area contributed by atoms with Crippen LogP contribution in [0.25, 0.3) is 11.1 Å². The summed E-state index contributed by atoms with van der Waals surface area (Å²) < 4.78 is 0. The molecule has 0 aliphatic heterocycles. The summed E-state index contributed by atoms with van der Waals surface area (Å²) in [4.78, 5) is 34.5. The summed E-state index contributed by atoms with van der Waals surface area (Å²) in [5.41, 5.74) is 7.39. The number of nitrogens with zero attached hydrogens (tertiary/aromatic N) is 2. The molecule has 218 valence electrons. The molecule has 4 rings (SSSR count). The van der Waals surface area contributed by atoms with Gasteiger partial charge in [0.15, 0.2) is 0 Å². The number of anilines is 2. The van der Waals surface area contributed by atoms with Crippen molar-refractivity contribution in [2.45, 2.75) is 26.9 Å². The van der Waals surface area contributed by atoms with E-state index in [0.29, 0.717) is 48.9 Å². The molecule has 0 saturated heterocycles. The number of pyridine rings is 2. The standard InChI is InChI=1S/C32H36N6O4/c1-21-25(5-3-7-27(21)37-31(41)29-11-9-23(19-35-29)17-33-13-15-39)26-6-4-8-28(22(26)2)38-32(42)30-12-10-24(20-36-30)18-34-14-16-40/h3-12,19-20,33-34,39-40H,13-18H2,1-2H3,(H,37,41)(H,38,42). The van der Waals surface area contributed by atoms with E-state index < -0.39 is 0 Å². The molecule has 6 N–H and O–H groups in total. The van der Waals surface area contributed by atoms with Crippen LogP contribution in [0.1, 0.15) is 43.2 Å². The van der Waals surface area contributed by atoms with E-state index in [9.17, 15) is 9.59 Å². The fraction of sp³-hybridized carbons (Fsp3) is 0.250. The van der Waals surface area contributed by atoms with Crippen LogP contribution in [-0.4, -0.2) is 58.3 Å². The van der Waals surface area contributed by atoms with E-state index in [1.807, 2.05) is 62.4 Å². The van der Waals surface area contributed by atoms with Crippen molar-refractivity contribution >= 4 is 23.2 Å². The summed E-state index contributed by atoms with van der Waals surface area (Å²) in [6.07, 6.45) is 3.29. The Morgan fingerprint density at radius 2 is 1.07 bits per heavy atom. The lowest BCUT2D eigenvalue weighted by molar-refractivity contribution is 0.101. The first-order valence-electron chi connectivity index (χ1n) is 13.8. The van der Waals surface area contributed by atoms with Crippen molar-refractivity contribution in [3.05, 3.63) is 107 Å². The Kier molecular flexibility index (Phi) is 10.8. The van der Waals surface area contributed by atoms with Crippen LogP contribution >= 0.6 is 0 Å². The van der Waals surface area contributed by atoms with Crippen molar-refractivity contribution in [1.29, 1.82) is 0 Å². The molecule has 0 spiro atoms. The predicted molar refractivity (Wildman–Crippen MR) is 163 cm³/mol. The first-order chi connectivity index (χ1) is 20.4. The molecule has 10 heteroatoms. The van der Waals surface area contributed by atoms with Gasteiger partial charge in [-0.05, 0) is 71.5 Å². The molecular formula is C32H36N6O4. The summed E-state index contributed by atoms with van der Waals surface area (Å²) >= 11 is 0. The van der Waals surface area contributed by atoms with Crippen LogP contribution in [0.3, 0.4) is 0 Å². The third-order valence-corrected chi connectivity index (χ3v) is 6.80. The van der Waals surface area contributed by atoms with Crippen molar-refractivity contribution in [3.63, 3.8) is 0 Å². The van der Waals surface area contributed by atoms with Crippen molar-refractivity contribution in [1.82, 2.24) is 20.6 Å². The Hall–Kier alpha value is -4.48. The number of hydrogen-bond acceptors (Lipinski definition) is 8. The molecule has 0 aliphatic carbocycles. The van der Waals surface area contributed by atoms with Gasteiger partial charge in [-0.1, -0.05) is 36.4 Å². The number of amides is 2. The molecule has 4 aromatic rings. The molecule has 10 nitrogen and oxygen atoms in total. The fourth-order valence-corrected chi connectivity index (χ4v) is 4.45. The monoisotopic (exact) mass is 568 g/mol. The molecule has 2 amide bonds. The average Bonchev–Trinajstić information content (AvgIpc) is 3.00. The molecule has 2 aromatic carbocycles. The van der Waals surface area contributed by atoms with E-state index in [2.05, 4.69) is 31.2 Å². The molecule has 0 saturated carbocycles. The number of carbonyl (C=O) groups is 2. The smallest absolute Gasteiger partial charge is 0.274 e. The number of aliphatic hydroxyl groups excluding tert-OH is 2. The maximum Gasteiger partial charge on any atom is 0.274 e. The Morgan fingerprint density at radius 1 is 0.643 bits per heavy atom. The Morgan fingerprint density at radius 3 is 1.43 bits per heavy atom. The Labute approximate surface area is 245 Å². The molecule has 0 bridgehead atoms. The SMILES string of the molecule is Cc1c(NC(=O)c2ccc(CNCCO)cn2)cccc1-c1cccc(NC(=O)c2ccc(CNCCO)cn2)c1C. The van der Waals surface area contributed by atoms with Crippen LogP contribution in [0.5, 0.6) is 0 Å². The average molecular weight is 569 g/mol. The molecule has 0 unspecified atom stereocenters. The number of benzene rings is 2. The number of nitrogens with one attached hydrogen (secondary N) is 4. The predicted octanol–water partition coefficient (Wildman–Crippen LogP) is 3.43. The van der Waals surface area contributed by atoms with Crippen molar-refractivity contribution in [3.8, 4) is 11.1 Å². The lowest BCUT2D eigenvalue weighted by Crippen LogP contribution is -2.18. The molecule has 2 heterocycles. The van der Waals surface area contributed by atoms with Gasteiger partial charge in [0.05, 0.1) is 13.2 Å². The minimum absolute atomic E-state index is 0.0582. The van der Waals surface area contributed by atoms with Gasteiger partial charge in [0.25, 0.3) is 11.8 Å². The molecule has 42 heavy (non-hydrogen) atoms. The van der Waals surface area contributed by atoms with Gasteiger partial charge >= 0.3 is 0 Å². The summed E-state index contributed by atoms with van der Waals surface area (Å²) in [6, 6.07) is 18.4. The molecule has 0 atom stereocenters. The highest BCUT2D eigenvalue weighted by Gasteiger charge is 2.16. The number of hydrogen-bond donors (Lipinski definition) is 6. The summed E-state index contributed by atoms with van der Waals surface area (Å²) in [5.74, 6) is -0.629. The van der Waals surface area contributed by atoms with E-state index in [1.165, 1.54) is 0 Å². The van der Waals surface area contributed by atoms with Crippen LogP contribution in [-0.2, 0) is 13.1 Å². The largest absolute Gasteiger partial charge is 0.395 e. The highest BCUT2D eigenvalue weighted by atomic mass is 16.3. The number of aromatic nitrogens is 2. The second kappa shape index (κ2) is 14.9. The third-order valence-electron chi connectivity index (χ3n) is 6.80. The zero-order valence-corrected chi connectivity index (χ0v) is 23.8. The van der Waals surface area contributed by atoms with E-state index in [4.69, 9.17) is 10.2 Å². The minimum atomic E-state index is -0.314. The zero-order valence-electron chi connectivity index (χ0n) is 23.8. The highest BCUT2D eigenvalue weighted by molar-refractivity contribution is 6.05. The van der Waals surface area contributed by atoms with E-state index >= 15 is 0 Å². The zero-order chi connectivity index (χ0) is 29.9. The molecule has 0 radical (unpaired) electrons. The Balaban J connectivity index is 1.47. The maximum atomic E-state index is 13.0. The topological polar surface area (TPSA) is 148 Å². The quantitative estimate of drug-likeness (QED) is 0.134. The second-order valence-electron chi connectivity index (χ2n) is 9.77. The normalized spacial score (nSPS) is 10.9. The van der Waals surface area contributed by atoms with Crippen LogP contribution < -0.4 is 21.3 Å². The van der Waals surface area contributed by atoms with Crippen molar-refractivity contribution in [2.24, 2.45) is 0 Å². The molecule has 0 aliphatic rings. The van der Waals surface area contributed by atoms with Crippen LogP contribution in [0.15, 0.2) is 73.1 Å². The van der Waals surface area contributed by atoms with Gasteiger partial charge < -0.3 is 31.5 Å². The van der Waals surface area contributed by atoms with E-state index in [1.54, 1.807) is 24.5 Å². The van der Waals surface area contributed by atoms with E-state index in [-0.39, 0.29) is 25.0 Å². The first-order valence-corrected chi connectivity index (χ1v) is 13.8. The summed E-state index contributed by atoms with van der Waals surface area (Å²) in [5, 5.41) is 29.9. The lowest BCUT2D eigenvalue weighted by atomic mass is 9.94. The second-order valence-corrected chi connectivity index (χ2v) is 9.77. The van der Waals surface area contributed by atoms with Crippen molar-refractivity contribution in [2.75, 3.05) is 36.9 Å². The minimum Gasteiger partial charge on any atom is -0.395 e. The lowest BCUT2D eigenvalue weighted by Gasteiger charge is -2.17.